The van der Waals surface area contributed by atoms with Crippen molar-refractivity contribution < 1.29 is 0 Å². The van der Waals surface area contributed by atoms with Gasteiger partial charge in [-0.25, -0.2) is 4.98 Å². The minimum absolute atomic E-state index is 0.648. The van der Waals surface area contributed by atoms with Crippen LogP contribution >= 0.6 is 11.3 Å². The number of thiazole rings is 1. The van der Waals surface area contributed by atoms with Crippen molar-refractivity contribution in [3.05, 3.63) is 40.8 Å². The summed E-state index contributed by atoms with van der Waals surface area (Å²) < 4.78 is 0. The van der Waals surface area contributed by atoms with Crippen LogP contribution in [0.1, 0.15) is 23.8 Å². The summed E-state index contributed by atoms with van der Waals surface area (Å²) in [5.41, 5.74) is 7.83. The van der Waals surface area contributed by atoms with Crippen LogP contribution in [-0.4, -0.2) is 18.1 Å². The predicted octanol–water partition coefficient (Wildman–Crippen LogP) is 3.11. The van der Waals surface area contributed by atoms with Crippen molar-refractivity contribution in [2.75, 3.05) is 23.7 Å². The van der Waals surface area contributed by atoms with Gasteiger partial charge >= 0.3 is 0 Å². The van der Waals surface area contributed by atoms with E-state index in [-0.39, 0.29) is 0 Å². The van der Waals surface area contributed by atoms with Crippen LogP contribution in [0.2, 0.25) is 0 Å². The molecule has 4 heteroatoms. The first-order valence-corrected chi connectivity index (χ1v) is 7.21. The highest BCUT2D eigenvalue weighted by Crippen LogP contribution is 2.31. The second-order valence-electron chi connectivity index (χ2n) is 4.72. The van der Waals surface area contributed by atoms with Gasteiger partial charge in [-0.05, 0) is 37.1 Å². The summed E-state index contributed by atoms with van der Waals surface area (Å²) in [5, 5.41) is 3.37. The van der Waals surface area contributed by atoms with Gasteiger partial charge in [-0.15, -0.1) is 11.3 Å². The Morgan fingerprint density at radius 1 is 1.17 bits per heavy atom. The average Bonchev–Trinajstić information content (AvgIpc) is 2.94. The highest BCUT2D eigenvalue weighted by atomic mass is 32.1. The normalized spacial score (nSPS) is 17.0. The molecule has 1 aliphatic heterocycles. The Labute approximate surface area is 111 Å². The molecule has 0 spiro atoms. The number of aromatic nitrogens is 1. The van der Waals surface area contributed by atoms with Crippen LogP contribution < -0.4 is 10.6 Å². The van der Waals surface area contributed by atoms with Crippen LogP contribution in [0.4, 0.5) is 11.4 Å². The minimum atomic E-state index is 0.648. The lowest BCUT2D eigenvalue weighted by Crippen LogP contribution is -2.32. The van der Waals surface area contributed by atoms with E-state index in [1.54, 1.807) is 11.3 Å². The Hall–Kier alpha value is -1.55. The lowest BCUT2D eigenvalue weighted by molar-refractivity contribution is 0.504. The van der Waals surface area contributed by atoms with E-state index in [1.807, 2.05) is 18.3 Å². The van der Waals surface area contributed by atoms with Crippen LogP contribution in [-0.2, 0) is 0 Å². The molecule has 3 nitrogen and oxygen atoms in total. The van der Waals surface area contributed by atoms with Crippen molar-refractivity contribution in [1.82, 2.24) is 4.98 Å². The quantitative estimate of drug-likeness (QED) is 0.843. The van der Waals surface area contributed by atoms with E-state index in [0.29, 0.717) is 5.92 Å². The Balaban J connectivity index is 1.65. The summed E-state index contributed by atoms with van der Waals surface area (Å²) in [4.78, 5) is 6.87. The first kappa shape index (κ1) is 11.5. The van der Waals surface area contributed by atoms with Gasteiger partial charge in [0.05, 0.1) is 5.01 Å². The standard InChI is InChI=1S/C14H17N3S/c15-12-1-3-13(4-2-12)17-8-5-11(6-9-17)14-16-7-10-18-14/h1-4,7,10-11H,5-6,8-9,15H2. The zero-order chi connectivity index (χ0) is 12.4. The Kier molecular flexibility index (Phi) is 3.19. The van der Waals surface area contributed by atoms with Gasteiger partial charge in [0.2, 0.25) is 0 Å². The SMILES string of the molecule is Nc1ccc(N2CCC(c3nccs3)CC2)cc1. The molecule has 0 unspecified atom stereocenters. The molecule has 0 atom stereocenters. The minimum Gasteiger partial charge on any atom is -0.399 e. The highest BCUT2D eigenvalue weighted by molar-refractivity contribution is 7.09. The van der Waals surface area contributed by atoms with Crippen molar-refractivity contribution in [1.29, 1.82) is 0 Å². The number of nitrogens with zero attached hydrogens (tertiary/aromatic N) is 2. The predicted molar refractivity (Wildman–Crippen MR) is 77.2 cm³/mol. The van der Waals surface area contributed by atoms with Gasteiger partial charge in [0.15, 0.2) is 0 Å². The van der Waals surface area contributed by atoms with Gasteiger partial charge < -0.3 is 10.6 Å². The molecule has 18 heavy (non-hydrogen) atoms. The molecule has 0 saturated carbocycles. The maximum atomic E-state index is 5.72. The fourth-order valence-electron chi connectivity index (χ4n) is 2.51. The molecule has 1 fully saturated rings. The Morgan fingerprint density at radius 2 is 1.89 bits per heavy atom. The van der Waals surface area contributed by atoms with E-state index in [4.69, 9.17) is 5.73 Å². The molecule has 2 heterocycles. The molecular formula is C14H17N3S. The summed E-state index contributed by atoms with van der Waals surface area (Å²) in [6.45, 7) is 2.21. The van der Waals surface area contributed by atoms with Crippen LogP contribution in [0.5, 0.6) is 0 Å². The number of rotatable bonds is 2. The van der Waals surface area contributed by atoms with Crippen molar-refractivity contribution in [2.24, 2.45) is 0 Å². The van der Waals surface area contributed by atoms with E-state index in [1.165, 1.54) is 23.5 Å². The van der Waals surface area contributed by atoms with Crippen LogP contribution in [0.3, 0.4) is 0 Å². The van der Waals surface area contributed by atoms with Crippen LogP contribution in [0.25, 0.3) is 0 Å². The zero-order valence-corrected chi connectivity index (χ0v) is 11.1. The van der Waals surface area contributed by atoms with E-state index < -0.39 is 0 Å². The second kappa shape index (κ2) is 4.98. The summed E-state index contributed by atoms with van der Waals surface area (Å²) >= 11 is 1.78. The third kappa shape index (κ3) is 2.34. The number of benzene rings is 1. The fourth-order valence-corrected chi connectivity index (χ4v) is 3.32. The van der Waals surface area contributed by atoms with Crippen molar-refractivity contribution in [2.45, 2.75) is 18.8 Å². The summed E-state index contributed by atoms with van der Waals surface area (Å²) in [7, 11) is 0. The molecule has 94 valence electrons. The summed E-state index contributed by atoms with van der Waals surface area (Å²) in [5.74, 6) is 0.648. The smallest absolute Gasteiger partial charge is 0.0957 e. The Bertz CT molecular complexity index is 484. The van der Waals surface area contributed by atoms with E-state index >= 15 is 0 Å². The van der Waals surface area contributed by atoms with Gasteiger partial charge in [0.25, 0.3) is 0 Å². The van der Waals surface area contributed by atoms with Crippen molar-refractivity contribution in [3.8, 4) is 0 Å². The second-order valence-corrected chi connectivity index (χ2v) is 5.65. The van der Waals surface area contributed by atoms with Crippen molar-refractivity contribution >= 4 is 22.7 Å². The van der Waals surface area contributed by atoms with E-state index in [0.717, 1.165) is 18.8 Å². The highest BCUT2D eigenvalue weighted by Gasteiger charge is 2.22. The third-order valence-electron chi connectivity index (χ3n) is 3.55. The number of piperidine rings is 1. The first-order valence-electron chi connectivity index (χ1n) is 6.33. The van der Waals surface area contributed by atoms with Gasteiger partial charge in [-0.1, -0.05) is 0 Å². The molecule has 3 rings (SSSR count). The summed E-state index contributed by atoms with van der Waals surface area (Å²) in [6, 6.07) is 8.17. The Morgan fingerprint density at radius 3 is 2.50 bits per heavy atom. The molecule has 0 aliphatic carbocycles. The number of nitrogens with two attached hydrogens (primary N) is 1. The van der Waals surface area contributed by atoms with E-state index in [2.05, 4.69) is 27.4 Å². The molecule has 1 aromatic heterocycles. The van der Waals surface area contributed by atoms with Crippen molar-refractivity contribution in [3.63, 3.8) is 0 Å². The molecule has 0 bridgehead atoms. The topological polar surface area (TPSA) is 42.1 Å². The molecule has 2 N–H and O–H groups in total. The number of hydrogen-bond donors (Lipinski definition) is 1. The number of anilines is 2. The lowest BCUT2D eigenvalue weighted by Gasteiger charge is -2.32. The van der Waals surface area contributed by atoms with E-state index in [9.17, 15) is 0 Å². The molecule has 1 aromatic carbocycles. The first-order chi connectivity index (χ1) is 8.83. The lowest BCUT2D eigenvalue weighted by atomic mass is 9.97. The zero-order valence-electron chi connectivity index (χ0n) is 10.2. The fraction of sp³-hybridized carbons (Fsp3) is 0.357. The third-order valence-corrected chi connectivity index (χ3v) is 4.49. The molecule has 2 aromatic rings. The molecular weight excluding hydrogens is 242 g/mol. The maximum Gasteiger partial charge on any atom is 0.0957 e. The van der Waals surface area contributed by atoms with Gasteiger partial charge in [-0.3, -0.25) is 0 Å². The van der Waals surface area contributed by atoms with Gasteiger partial charge in [0.1, 0.15) is 0 Å². The van der Waals surface area contributed by atoms with Crippen LogP contribution in [0.15, 0.2) is 35.8 Å². The van der Waals surface area contributed by atoms with Crippen LogP contribution in [0, 0.1) is 0 Å². The molecule has 0 radical (unpaired) electrons. The monoisotopic (exact) mass is 259 g/mol. The summed E-state index contributed by atoms with van der Waals surface area (Å²) in [6.07, 6.45) is 4.29. The maximum absolute atomic E-state index is 5.72. The van der Waals surface area contributed by atoms with Gasteiger partial charge in [-0.2, -0.15) is 0 Å². The van der Waals surface area contributed by atoms with Gasteiger partial charge in [0, 0.05) is 42.0 Å². The number of nitrogen functional groups attached to an aromatic ring is 1. The average molecular weight is 259 g/mol. The number of hydrogen-bond acceptors (Lipinski definition) is 4. The molecule has 1 aliphatic rings. The molecule has 1 saturated heterocycles. The largest absolute Gasteiger partial charge is 0.399 e. The molecule has 0 amide bonds.